The predicted octanol–water partition coefficient (Wildman–Crippen LogP) is 1.13. The molecular weight excluding hydrogens is 302 g/mol. The van der Waals surface area contributed by atoms with E-state index >= 15 is 0 Å². The van der Waals surface area contributed by atoms with Gasteiger partial charge in [-0.2, -0.15) is 8.42 Å². The van der Waals surface area contributed by atoms with Gasteiger partial charge in [-0.3, -0.25) is 14.7 Å². The maximum absolute atomic E-state index is 11.7. The summed E-state index contributed by atoms with van der Waals surface area (Å²) in [6.07, 6.45) is 3.27. The number of hydrogen-bond acceptors (Lipinski definition) is 6. The van der Waals surface area contributed by atoms with E-state index in [1.807, 2.05) is 0 Å². The number of nitro groups is 1. The molecule has 8 nitrogen and oxygen atoms in total. The zero-order valence-electron chi connectivity index (χ0n) is 11.7. The van der Waals surface area contributed by atoms with E-state index in [0.29, 0.717) is 0 Å². The van der Waals surface area contributed by atoms with Gasteiger partial charge >= 0.3 is 0 Å². The molecule has 1 unspecified atom stereocenters. The van der Waals surface area contributed by atoms with Crippen LogP contribution in [0.5, 0.6) is 0 Å². The molecule has 0 amide bonds. The van der Waals surface area contributed by atoms with E-state index in [9.17, 15) is 23.1 Å². The van der Waals surface area contributed by atoms with E-state index in [2.05, 4.69) is 0 Å². The van der Waals surface area contributed by atoms with Crippen molar-refractivity contribution in [2.75, 3.05) is 13.4 Å². The molecule has 1 fully saturated rings. The van der Waals surface area contributed by atoms with Gasteiger partial charge in [0, 0.05) is 4.92 Å². The second-order valence-electron chi connectivity index (χ2n) is 5.65. The van der Waals surface area contributed by atoms with Crippen molar-refractivity contribution in [3.63, 3.8) is 0 Å². The molecule has 2 aliphatic rings. The Hall–Kier alpha value is -1.29. The van der Waals surface area contributed by atoms with Crippen molar-refractivity contribution in [2.45, 2.75) is 31.9 Å². The van der Waals surface area contributed by atoms with E-state index in [1.54, 1.807) is 0 Å². The van der Waals surface area contributed by atoms with Gasteiger partial charge in [0.1, 0.15) is 6.79 Å². The number of allylic oxidation sites excluding steroid dienone is 2. The molecule has 118 valence electrons. The summed E-state index contributed by atoms with van der Waals surface area (Å²) < 4.78 is 42.7. The molecule has 2 atom stereocenters. The van der Waals surface area contributed by atoms with Crippen LogP contribution in [-0.2, 0) is 19.6 Å². The quantitative estimate of drug-likeness (QED) is 0.469. The maximum Gasteiger partial charge on any atom is 0.291 e. The van der Waals surface area contributed by atoms with E-state index in [4.69, 9.17) is 9.47 Å². The molecule has 1 heterocycles. The Morgan fingerprint density at radius 3 is 2.67 bits per heavy atom. The van der Waals surface area contributed by atoms with Gasteiger partial charge < -0.3 is 9.47 Å². The summed E-state index contributed by atoms with van der Waals surface area (Å²) in [6, 6.07) is 0. The van der Waals surface area contributed by atoms with Crippen molar-refractivity contribution in [1.82, 2.24) is 0 Å². The van der Waals surface area contributed by atoms with Gasteiger partial charge in [0.15, 0.2) is 0 Å². The van der Waals surface area contributed by atoms with Gasteiger partial charge in [-0.05, 0) is 26.0 Å². The SMILES string of the molecule is CC1(C)C(S(=O)(=O)O)=CC=CC1(C[C@@H]1COCO1)[N+](=O)[O-]. The number of nitrogens with zero attached hydrogens (tertiary/aromatic N) is 1. The Morgan fingerprint density at radius 2 is 2.19 bits per heavy atom. The first kappa shape index (κ1) is 16.1. The third-order valence-corrected chi connectivity index (χ3v) is 5.35. The minimum absolute atomic E-state index is 0.0453. The molecule has 0 bridgehead atoms. The smallest absolute Gasteiger partial charge is 0.291 e. The molecular formula is C12H17NO7S. The van der Waals surface area contributed by atoms with Crippen molar-refractivity contribution in [1.29, 1.82) is 0 Å². The fourth-order valence-electron chi connectivity index (χ4n) is 2.86. The van der Waals surface area contributed by atoms with Crippen LogP contribution in [0.25, 0.3) is 0 Å². The van der Waals surface area contributed by atoms with Gasteiger partial charge in [0.25, 0.3) is 15.7 Å². The van der Waals surface area contributed by atoms with Crippen LogP contribution in [0.4, 0.5) is 0 Å². The summed E-state index contributed by atoms with van der Waals surface area (Å²) in [7, 11) is -4.54. The number of hydrogen-bond donors (Lipinski definition) is 1. The molecule has 0 aromatic rings. The summed E-state index contributed by atoms with van der Waals surface area (Å²) in [4.78, 5) is 10.8. The van der Waals surface area contributed by atoms with Crippen LogP contribution in [0, 0.1) is 15.5 Å². The monoisotopic (exact) mass is 319 g/mol. The van der Waals surface area contributed by atoms with Crippen molar-refractivity contribution in [3.8, 4) is 0 Å². The average molecular weight is 319 g/mol. The zero-order valence-corrected chi connectivity index (χ0v) is 12.5. The molecule has 2 rings (SSSR count). The molecule has 1 N–H and O–H groups in total. The Morgan fingerprint density at radius 1 is 1.52 bits per heavy atom. The zero-order chi connectivity index (χ0) is 15.9. The fourth-order valence-corrected chi connectivity index (χ4v) is 3.93. The van der Waals surface area contributed by atoms with Crippen LogP contribution in [0.1, 0.15) is 20.3 Å². The van der Waals surface area contributed by atoms with Crippen molar-refractivity contribution in [3.05, 3.63) is 33.2 Å². The molecule has 0 spiro atoms. The van der Waals surface area contributed by atoms with Crippen LogP contribution in [0.3, 0.4) is 0 Å². The average Bonchev–Trinajstić information content (AvgIpc) is 2.82. The summed E-state index contributed by atoms with van der Waals surface area (Å²) in [5, 5.41) is 11.7. The van der Waals surface area contributed by atoms with Crippen molar-refractivity contribution in [2.24, 2.45) is 5.41 Å². The van der Waals surface area contributed by atoms with E-state index < -0.39 is 32.1 Å². The van der Waals surface area contributed by atoms with Crippen LogP contribution in [0.15, 0.2) is 23.1 Å². The number of ether oxygens (including phenoxy) is 2. The molecule has 0 radical (unpaired) electrons. The highest BCUT2D eigenvalue weighted by Crippen LogP contribution is 2.48. The first-order chi connectivity index (χ1) is 9.61. The first-order valence-electron chi connectivity index (χ1n) is 6.32. The van der Waals surface area contributed by atoms with Crippen molar-refractivity contribution >= 4 is 10.1 Å². The van der Waals surface area contributed by atoms with E-state index in [1.165, 1.54) is 32.1 Å². The van der Waals surface area contributed by atoms with E-state index in [-0.39, 0.29) is 24.7 Å². The largest absolute Gasteiger partial charge is 0.353 e. The lowest BCUT2D eigenvalue weighted by molar-refractivity contribution is -0.575. The molecule has 1 aliphatic heterocycles. The van der Waals surface area contributed by atoms with Crippen LogP contribution < -0.4 is 0 Å². The summed E-state index contributed by atoms with van der Waals surface area (Å²) in [5.41, 5.74) is -3.13. The predicted molar refractivity (Wildman–Crippen MR) is 72.6 cm³/mol. The molecule has 21 heavy (non-hydrogen) atoms. The highest BCUT2D eigenvalue weighted by atomic mass is 32.2. The van der Waals surface area contributed by atoms with Gasteiger partial charge in [0.2, 0.25) is 0 Å². The highest BCUT2D eigenvalue weighted by molar-refractivity contribution is 7.89. The third-order valence-electron chi connectivity index (χ3n) is 4.15. The van der Waals surface area contributed by atoms with Gasteiger partial charge in [-0.15, -0.1) is 0 Å². The second-order valence-corrected chi connectivity index (χ2v) is 7.04. The van der Waals surface area contributed by atoms with E-state index in [0.717, 1.165) is 0 Å². The lowest BCUT2D eigenvalue weighted by Gasteiger charge is -2.40. The summed E-state index contributed by atoms with van der Waals surface area (Å²) >= 11 is 0. The van der Waals surface area contributed by atoms with Crippen molar-refractivity contribution < 1.29 is 27.4 Å². The second kappa shape index (κ2) is 5.16. The lowest BCUT2D eigenvalue weighted by Crippen LogP contribution is -2.54. The molecule has 0 aromatic carbocycles. The van der Waals surface area contributed by atoms with Gasteiger partial charge in [-0.1, -0.05) is 6.08 Å². The molecule has 0 aromatic heterocycles. The molecule has 1 aliphatic carbocycles. The Balaban J connectivity index is 2.48. The summed E-state index contributed by atoms with van der Waals surface area (Å²) in [5.74, 6) is 0. The minimum Gasteiger partial charge on any atom is -0.353 e. The Labute approximate surface area is 122 Å². The van der Waals surface area contributed by atoms with Gasteiger partial charge in [0.05, 0.1) is 29.5 Å². The standard InChI is InChI=1S/C12H17NO7S/c1-11(2)10(21(16,17)18)4-3-5-12(11,13(14)15)6-9-7-19-8-20-9/h3-5,9H,6-8H2,1-2H3,(H,16,17,18)/t9-,12?/m1/s1. The first-order valence-corrected chi connectivity index (χ1v) is 7.76. The third kappa shape index (κ3) is 2.61. The minimum atomic E-state index is -4.54. The fraction of sp³-hybridized carbons (Fsp3) is 0.667. The van der Waals surface area contributed by atoms with Crippen LogP contribution >= 0.6 is 0 Å². The van der Waals surface area contributed by atoms with Crippen LogP contribution in [-0.4, -0.2) is 42.9 Å². The highest BCUT2D eigenvalue weighted by Gasteiger charge is 2.60. The molecule has 9 heteroatoms. The molecule has 1 saturated heterocycles. The normalized spacial score (nSPS) is 32.0. The molecule has 0 saturated carbocycles. The summed E-state index contributed by atoms with van der Waals surface area (Å²) in [6.45, 7) is 3.12. The Bertz CT molecular complexity index is 601. The number of rotatable bonds is 4. The topological polar surface area (TPSA) is 116 Å². The lowest BCUT2D eigenvalue weighted by atomic mass is 9.67. The van der Waals surface area contributed by atoms with Gasteiger partial charge in [-0.25, -0.2) is 0 Å². The van der Waals surface area contributed by atoms with Crippen LogP contribution in [0.2, 0.25) is 0 Å². The Kier molecular flexibility index (Phi) is 3.96. The maximum atomic E-state index is 11.7.